The monoisotopic (exact) mass is 300 g/mol. The zero-order chi connectivity index (χ0) is 12.5. The van der Waals surface area contributed by atoms with Crippen molar-refractivity contribution in [1.29, 1.82) is 0 Å². The number of aromatic nitrogens is 1. The van der Waals surface area contributed by atoms with E-state index in [0.717, 1.165) is 30.3 Å². The van der Waals surface area contributed by atoms with Crippen LogP contribution < -0.4 is 5.32 Å². The Morgan fingerprint density at radius 1 is 1.29 bits per heavy atom. The molecule has 0 aliphatic carbocycles. The first-order valence-corrected chi connectivity index (χ1v) is 6.54. The second-order valence-electron chi connectivity index (χ2n) is 3.76. The van der Waals surface area contributed by atoms with E-state index in [1.54, 1.807) is 18.3 Å². The van der Waals surface area contributed by atoms with E-state index in [9.17, 15) is 4.79 Å². The van der Waals surface area contributed by atoms with Crippen LogP contribution >= 0.6 is 15.9 Å². The number of rotatable bonds is 7. The van der Waals surface area contributed by atoms with Gasteiger partial charge in [0.15, 0.2) is 0 Å². The summed E-state index contributed by atoms with van der Waals surface area (Å²) in [6.45, 7) is 0.914. The topological polar surface area (TPSA) is 62.2 Å². The van der Waals surface area contributed by atoms with Crippen LogP contribution in [0.1, 0.15) is 36.0 Å². The Labute approximate surface area is 110 Å². The molecule has 0 aliphatic rings. The number of aliphatic hydroxyl groups is 1. The smallest absolute Gasteiger partial charge is 0.252 e. The van der Waals surface area contributed by atoms with Gasteiger partial charge in [-0.25, -0.2) is 4.98 Å². The molecule has 0 fully saturated rings. The molecule has 0 aromatic carbocycles. The molecule has 4 nitrogen and oxygen atoms in total. The fourth-order valence-electron chi connectivity index (χ4n) is 1.40. The predicted molar refractivity (Wildman–Crippen MR) is 69.8 cm³/mol. The van der Waals surface area contributed by atoms with Crippen molar-refractivity contribution >= 4 is 21.8 Å². The zero-order valence-electron chi connectivity index (χ0n) is 9.66. The fourth-order valence-corrected chi connectivity index (χ4v) is 1.64. The number of hydrogen-bond donors (Lipinski definition) is 2. The number of pyridine rings is 1. The molecule has 1 aromatic heterocycles. The number of aliphatic hydroxyl groups excluding tert-OH is 1. The number of unbranched alkanes of at least 4 members (excludes halogenated alkanes) is 3. The third-order valence-electron chi connectivity index (χ3n) is 2.36. The summed E-state index contributed by atoms with van der Waals surface area (Å²) in [6.07, 6.45) is 5.36. The van der Waals surface area contributed by atoms with Crippen LogP contribution in [-0.4, -0.2) is 29.1 Å². The maximum absolute atomic E-state index is 11.6. The van der Waals surface area contributed by atoms with Crippen LogP contribution in [0.2, 0.25) is 0 Å². The Hall–Kier alpha value is -0.940. The van der Waals surface area contributed by atoms with Gasteiger partial charge in [-0.3, -0.25) is 4.79 Å². The van der Waals surface area contributed by atoms with Gasteiger partial charge in [-0.2, -0.15) is 0 Å². The summed E-state index contributed by atoms with van der Waals surface area (Å²) >= 11 is 3.22. The van der Waals surface area contributed by atoms with Gasteiger partial charge in [-0.15, -0.1) is 0 Å². The first-order valence-electron chi connectivity index (χ1n) is 5.74. The van der Waals surface area contributed by atoms with Crippen molar-refractivity contribution in [3.8, 4) is 0 Å². The van der Waals surface area contributed by atoms with Crippen molar-refractivity contribution in [3.05, 3.63) is 28.5 Å². The highest BCUT2D eigenvalue weighted by atomic mass is 79.9. The highest BCUT2D eigenvalue weighted by Crippen LogP contribution is 2.06. The van der Waals surface area contributed by atoms with Crippen LogP contribution in [-0.2, 0) is 0 Å². The number of carbonyl (C=O) groups is 1. The summed E-state index contributed by atoms with van der Waals surface area (Å²) in [6, 6.07) is 3.48. The summed E-state index contributed by atoms with van der Waals surface area (Å²) in [5, 5.41) is 11.4. The van der Waals surface area contributed by atoms with Crippen LogP contribution in [0.15, 0.2) is 22.9 Å². The molecule has 0 saturated carbocycles. The van der Waals surface area contributed by atoms with Gasteiger partial charge in [-0.1, -0.05) is 12.8 Å². The lowest BCUT2D eigenvalue weighted by atomic mass is 10.2. The lowest BCUT2D eigenvalue weighted by molar-refractivity contribution is 0.0952. The minimum Gasteiger partial charge on any atom is -0.396 e. The third kappa shape index (κ3) is 5.79. The van der Waals surface area contributed by atoms with Gasteiger partial charge >= 0.3 is 0 Å². The van der Waals surface area contributed by atoms with Gasteiger partial charge in [0.2, 0.25) is 0 Å². The molecule has 0 radical (unpaired) electrons. The van der Waals surface area contributed by atoms with Crippen LogP contribution in [0, 0.1) is 0 Å². The minimum atomic E-state index is -0.0906. The zero-order valence-corrected chi connectivity index (χ0v) is 11.2. The largest absolute Gasteiger partial charge is 0.396 e. The summed E-state index contributed by atoms with van der Waals surface area (Å²) in [7, 11) is 0. The number of halogens is 1. The quantitative estimate of drug-likeness (QED) is 0.599. The third-order valence-corrected chi connectivity index (χ3v) is 2.83. The maximum Gasteiger partial charge on any atom is 0.252 e. The summed E-state index contributed by atoms with van der Waals surface area (Å²) in [4.78, 5) is 15.6. The lowest BCUT2D eigenvalue weighted by Crippen LogP contribution is -2.24. The SMILES string of the molecule is O=C(NCCCCCCO)c1ccc(Br)nc1. The first kappa shape index (κ1) is 14.1. The fraction of sp³-hybridized carbons (Fsp3) is 0.500. The Bertz CT molecular complexity index is 341. The van der Waals surface area contributed by atoms with E-state index in [2.05, 4.69) is 26.2 Å². The summed E-state index contributed by atoms with van der Waals surface area (Å²) < 4.78 is 0.720. The van der Waals surface area contributed by atoms with Crippen molar-refractivity contribution in [3.63, 3.8) is 0 Å². The number of nitrogens with zero attached hydrogens (tertiary/aromatic N) is 1. The van der Waals surface area contributed by atoms with Gasteiger partial charge in [0, 0.05) is 19.3 Å². The molecule has 1 aromatic rings. The van der Waals surface area contributed by atoms with E-state index in [4.69, 9.17) is 5.11 Å². The van der Waals surface area contributed by atoms with Gasteiger partial charge in [0.1, 0.15) is 4.60 Å². The van der Waals surface area contributed by atoms with E-state index in [0.29, 0.717) is 12.1 Å². The summed E-state index contributed by atoms with van der Waals surface area (Å²) in [5.41, 5.74) is 0.573. The van der Waals surface area contributed by atoms with Crippen molar-refractivity contribution in [1.82, 2.24) is 10.3 Å². The predicted octanol–water partition coefficient (Wildman–Crippen LogP) is 2.13. The molecule has 1 heterocycles. The van der Waals surface area contributed by atoms with Crippen molar-refractivity contribution in [2.45, 2.75) is 25.7 Å². The molecule has 0 unspecified atom stereocenters. The van der Waals surface area contributed by atoms with Crippen LogP contribution in [0.3, 0.4) is 0 Å². The number of amides is 1. The van der Waals surface area contributed by atoms with Crippen LogP contribution in [0.25, 0.3) is 0 Å². The molecule has 0 spiro atoms. The average Bonchev–Trinajstić information content (AvgIpc) is 2.34. The number of hydrogen-bond acceptors (Lipinski definition) is 3. The Kier molecular flexibility index (Phi) is 6.81. The van der Waals surface area contributed by atoms with Crippen LogP contribution in [0.4, 0.5) is 0 Å². The first-order chi connectivity index (χ1) is 8.24. The normalized spacial score (nSPS) is 10.2. The molecule has 0 atom stereocenters. The van der Waals surface area contributed by atoms with E-state index in [1.165, 1.54) is 0 Å². The molecular weight excluding hydrogens is 284 g/mol. The Morgan fingerprint density at radius 3 is 2.71 bits per heavy atom. The molecule has 0 saturated heterocycles. The molecule has 1 amide bonds. The van der Waals surface area contributed by atoms with Crippen molar-refractivity contribution < 1.29 is 9.90 Å². The maximum atomic E-state index is 11.6. The second-order valence-corrected chi connectivity index (χ2v) is 4.58. The van der Waals surface area contributed by atoms with Gasteiger partial charge < -0.3 is 10.4 Å². The van der Waals surface area contributed by atoms with Crippen LogP contribution in [0.5, 0.6) is 0 Å². The van der Waals surface area contributed by atoms with Gasteiger partial charge in [0.25, 0.3) is 5.91 Å². The van der Waals surface area contributed by atoms with E-state index in [-0.39, 0.29) is 12.5 Å². The second kappa shape index (κ2) is 8.20. The van der Waals surface area contributed by atoms with Crippen molar-refractivity contribution in [2.75, 3.05) is 13.2 Å². The van der Waals surface area contributed by atoms with E-state index in [1.807, 2.05) is 0 Å². The Balaban J connectivity index is 2.19. The highest BCUT2D eigenvalue weighted by Gasteiger charge is 2.04. The molecule has 2 N–H and O–H groups in total. The molecule has 94 valence electrons. The molecular formula is C12H17BrN2O2. The van der Waals surface area contributed by atoms with Gasteiger partial charge in [0.05, 0.1) is 5.56 Å². The van der Waals surface area contributed by atoms with E-state index >= 15 is 0 Å². The van der Waals surface area contributed by atoms with Gasteiger partial charge in [-0.05, 0) is 40.9 Å². The molecule has 17 heavy (non-hydrogen) atoms. The summed E-state index contributed by atoms with van der Waals surface area (Å²) in [5.74, 6) is -0.0906. The average molecular weight is 301 g/mol. The lowest BCUT2D eigenvalue weighted by Gasteiger charge is -2.04. The molecule has 1 rings (SSSR count). The molecule has 0 aliphatic heterocycles. The Morgan fingerprint density at radius 2 is 2.06 bits per heavy atom. The number of carbonyl (C=O) groups excluding carboxylic acids is 1. The van der Waals surface area contributed by atoms with E-state index < -0.39 is 0 Å². The van der Waals surface area contributed by atoms with Crippen molar-refractivity contribution in [2.24, 2.45) is 0 Å². The molecule has 0 bridgehead atoms. The standard InChI is InChI=1S/C12H17BrN2O2/c13-11-6-5-10(9-15-11)12(17)14-7-3-1-2-4-8-16/h5-6,9,16H,1-4,7-8H2,(H,14,17). The number of nitrogens with one attached hydrogen (secondary N) is 1. The minimum absolute atomic E-state index is 0.0906. The highest BCUT2D eigenvalue weighted by molar-refractivity contribution is 9.10. The molecule has 5 heteroatoms.